The second-order valence-electron chi connectivity index (χ2n) is 7.01. The number of anilines is 1. The summed E-state index contributed by atoms with van der Waals surface area (Å²) >= 11 is 5.78. The molecule has 2 heterocycles. The monoisotopic (exact) mass is 442 g/mol. The van der Waals surface area contributed by atoms with E-state index >= 15 is 0 Å². The fourth-order valence-electron chi connectivity index (χ4n) is 3.75. The van der Waals surface area contributed by atoms with Crippen LogP contribution in [0.25, 0.3) is 21.9 Å². The molecule has 1 saturated heterocycles. The van der Waals surface area contributed by atoms with Crippen molar-refractivity contribution < 1.29 is 19.0 Å². The van der Waals surface area contributed by atoms with Crippen molar-refractivity contribution in [2.45, 2.75) is 0 Å². The van der Waals surface area contributed by atoms with Crippen LogP contribution < -0.4 is 9.64 Å². The van der Waals surface area contributed by atoms with Gasteiger partial charge < -0.3 is 19.6 Å². The quantitative estimate of drug-likeness (QED) is 0.481. The third-order valence-electron chi connectivity index (χ3n) is 5.28. The van der Waals surface area contributed by atoms with Crippen molar-refractivity contribution in [1.29, 1.82) is 0 Å². The highest BCUT2D eigenvalue weighted by molar-refractivity contribution is 6.17. The van der Waals surface area contributed by atoms with E-state index in [0.29, 0.717) is 43.3 Å². The van der Waals surface area contributed by atoms with Crippen LogP contribution in [0.4, 0.5) is 10.2 Å². The number of carbonyl (C=O) groups is 1. The average Bonchev–Trinajstić information content (AvgIpc) is 2.78. The molecule has 1 amide bonds. The summed E-state index contributed by atoms with van der Waals surface area (Å²) in [7, 11) is 0. The summed E-state index contributed by atoms with van der Waals surface area (Å²) in [6.07, 6.45) is 2.89. The van der Waals surface area contributed by atoms with Gasteiger partial charge in [-0.2, -0.15) is 5.10 Å². The molecule has 1 aromatic heterocycles. The summed E-state index contributed by atoms with van der Waals surface area (Å²) in [4.78, 5) is 15.6. The maximum absolute atomic E-state index is 14.6. The Hall–Kier alpha value is -3.39. The second-order valence-corrected chi connectivity index (χ2v) is 7.23. The predicted octanol–water partition coefficient (Wildman–Crippen LogP) is 3.55. The number of amides is 1. The number of fused-ring (bicyclic) bond motifs is 1. The SMILES string of the molecule is C=CC(=O)N1CCN(c2nncc3cc(OCCl)c(-c4c(O)cccc4F)cc23)CC1. The van der Waals surface area contributed by atoms with Gasteiger partial charge in [-0.05, 0) is 30.3 Å². The lowest BCUT2D eigenvalue weighted by Crippen LogP contribution is -2.48. The van der Waals surface area contributed by atoms with Crippen LogP contribution in [0.5, 0.6) is 11.5 Å². The van der Waals surface area contributed by atoms with Gasteiger partial charge in [0.25, 0.3) is 0 Å². The summed E-state index contributed by atoms with van der Waals surface area (Å²) in [5, 5.41) is 20.2. The molecular formula is C22H20ClFN4O3. The molecule has 0 spiro atoms. The van der Waals surface area contributed by atoms with Gasteiger partial charge in [0.1, 0.15) is 17.3 Å². The summed E-state index contributed by atoms with van der Waals surface area (Å²) < 4.78 is 20.2. The number of carbonyl (C=O) groups excluding carboxylic acids is 1. The van der Waals surface area contributed by atoms with Crippen molar-refractivity contribution in [3.05, 3.63) is 55.0 Å². The lowest BCUT2D eigenvalue weighted by Gasteiger charge is -2.35. The lowest BCUT2D eigenvalue weighted by molar-refractivity contribution is -0.126. The van der Waals surface area contributed by atoms with Crippen molar-refractivity contribution >= 4 is 34.1 Å². The number of phenols is 1. The van der Waals surface area contributed by atoms with Crippen LogP contribution >= 0.6 is 11.6 Å². The Morgan fingerprint density at radius 1 is 1.29 bits per heavy atom. The molecule has 0 aliphatic carbocycles. The van der Waals surface area contributed by atoms with E-state index in [4.69, 9.17) is 16.3 Å². The Balaban J connectivity index is 1.81. The minimum atomic E-state index is -0.584. The minimum Gasteiger partial charge on any atom is -0.507 e. The molecule has 2 aromatic carbocycles. The highest BCUT2D eigenvalue weighted by Crippen LogP contribution is 2.41. The highest BCUT2D eigenvalue weighted by Gasteiger charge is 2.24. The zero-order valence-electron chi connectivity index (χ0n) is 16.6. The Kier molecular flexibility index (Phi) is 5.90. The fraction of sp³-hybridized carbons (Fsp3) is 0.227. The van der Waals surface area contributed by atoms with E-state index in [-0.39, 0.29) is 23.3 Å². The topological polar surface area (TPSA) is 78.8 Å². The molecule has 3 aromatic rings. The minimum absolute atomic E-state index is 0.0219. The standard InChI is InChI=1S/C22H20ClFN4O3/c1-2-20(30)27-6-8-28(9-7-27)22-15-11-16(21-17(24)4-3-5-18(21)29)19(31-13-23)10-14(15)12-25-26-22/h2-5,10-12,29H,1,6-9,13H2. The van der Waals surface area contributed by atoms with Crippen molar-refractivity contribution in [3.8, 4) is 22.6 Å². The molecule has 1 fully saturated rings. The molecule has 4 rings (SSSR count). The normalized spacial score (nSPS) is 14.0. The van der Waals surface area contributed by atoms with Crippen molar-refractivity contribution in [3.63, 3.8) is 0 Å². The molecule has 0 unspecified atom stereocenters. The third kappa shape index (κ3) is 3.98. The van der Waals surface area contributed by atoms with Gasteiger partial charge >= 0.3 is 0 Å². The van der Waals surface area contributed by atoms with Gasteiger partial charge in [-0.3, -0.25) is 4.79 Å². The predicted molar refractivity (Wildman–Crippen MR) is 117 cm³/mol. The number of rotatable bonds is 5. The first-order chi connectivity index (χ1) is 15.0. The van der Waals surface area contributed by atoms with Crippen LogP contribution in [0.1, 0.15) is 0 Å². The van der Waals surface area contributed by atoms with Crippen molar-refractivity contribution in [2.24, 2.45) is 0 Å². The van der Waals surface area contributed by atoms with Crippen LogP contribution in [0.15, 0.2) is 49.2 Å². The number of benzene rings is 2. The van der Waals surface area contributed by atoms with Gasteiger partial charge in [0, 0.05) is 42.5 Å². The van der Waals surface area contributed by atoms with Gasteiger partial charge in [0.2, 0.25) is 5.91 Å². The Morgan fingerprint density at radius 2 is 2.06 bits per heavy atom. The van der Waals surface area contributed by atoms with E-state index in [9.17, 15) is 14.3 Å². The van der Waals surface area contributed by atoms with Crippen LogP contribution in [0, 0.1) is 5.82 Å². The largest absolute Gasteiger partial charge is 0.507 e. The van der Waals surface area contributed by atoms with Gasteiger partial charge in [-0.25, -0.2) is 4.39 Å². The molecular weight excluding hydrogens is 423 g/mol. The average molecular weight is 443 g/mol. The fourth-order valence-corrected chi connectivity index (χ4v) is 3.87. The Labute approximate surface area is 183 Å². The van der Waals surface area contributed by atoms with Crippen LogP contribution in [0.2, 0.25) is 0 Å². The zero-order chi connectivity index (χ0) is 22.0. The van der Waals surface area contributed by atoms with Gasteiger partial charge in [0.15, 0.2) is 11.9 Å². The van der Waals surface area contributed by atoms with Crippen LogP contribution in [-0.4, -0.2) is 58.4 Å². The maximum atomic E-state index is 14.6. The lowest BCUT2D eigenvalue weighted by atomic mass is 9.99. The number of hydrogen-bond acceptors (Lipinski definition) is 6. The molecule has 0 radical (unpaired) electrons. The molecule has 0 saturated carbocycles. The summed E-state index contributed by atoms with van der Waals surface area (Å²) in [5.74, 6) is 0.0302. The van der Waals surface area contributed by atoms with Crippen molar-refractivity contribution in [2.75, 3.05) is 37.1 Å². The number of piperazine rings is 1. The van der Waals surface area contributed by atoms with Crippen LogP contribution in [-0.2, 0) is 4.79 Å². The zero-order valence-corrected chi connectivity index (χ0v) is 17.3. The molecule has 1 N–H and O–H groups in total. The number of aromatic nitrogens is 2. The molecule has 0 bridgehead atoms. The number of ether oxygens (including phenoxy) is 1. The summed E-state index contributed by atoms with van der Waals surface area (Å²) in [6.45, 7) is 5.71. The maximum Gasteiger partial charge on any atom is 0.246 e. The first-order valence-corrected chi connectivity index (χ1v) is 10.2. The van der Waals surface area contributed by atoms with Gasteiger partial charge in [-0.1, -0.05) is 24.2 Å². The molecule has 7 nitrogen and oxygen atoms in total. The smallest absolute Gasteiger partial charge is 0.246 e. The molecule has 160 valence electrons. The summed E-state index contributed by atoms with van der Waals surface area (Å²) in [5.41, 5.74) is 0.382. The van der Waals surface area contributed by atoms with E-state index in [2.05, 4.69) is 16.8 Å². The molecule has 1 aliphatic heterocycles. The molecule has 31 heavy (non-hydrogen) atoms. The van der Waals surface area contributed by atoms with E-state index in [1.807, 2.05) is 4.90 Å². The van der Waals surface area contributed by atoms with E-state index in [0.717, 1.165) is 10.8 Å². The molecule has 0 atom stereocenters. The molecule has 1 aliphatic rings. The Bertz CT molecular complexity index is 1130. The van der Waals surface area contributed by atoms with E-state index in [1.54, 1.807) is 23.2 Å². The molecule has 9 heteroatoms. The number of halogens is 2. The third-order valence-corrected chi connectivity index (χ3v) is 5.39. The highest BCUT2D eigenvalue weighted by atomic mass is 35.5. The first kappa shape index (κ1) is 20.9. The summed E-state index contributed by atoms with van der Waals surface area (Å²) in [6, 6.07) is 7.39. The van der Waals surface area contributed by atoms with Gasteiger partial charge in [-0.15, -0.1) is 5.10 Å². The number of phenolic OH excluding ortho intramolecular Hbond substituents is 1. The first-order valence-electron chi connectivity index (χ1n) is 9.66. The number of alkyl halides is 1. The number of hydrogen-bond donors (Lipinski definition) is 1. The van der Waals surface area contributed by atoms with Gasteiger partial charge in [0.05, 0.1) is 11.8 Å². The van der Waals surface area contributed by atoms with Crippen LogP contribution in [0.3, 0.4) is 0 Å². The second kappa shape index (κ2) is 8.77. The number of nitrogens with zero attached hydrogens (tertiary/aromatic N) is 4. The van der Waals surface area contributed by atoms with E-state index in [1.165, 1.54) is 24.3 Å². The number of aromatic hydroxyl groups is 1. The van der Waals surface area contributed by atoms with E-state index < -0.39 is 5.82 Å². The Morgan fingerprint density at radius 3 is 2.74 bits per heavy atom. The van der Waals surface area contributed by atoms with Crippen molar-refractivity contribution in [1.82, 2.24) is 15.1 Å².